The molecule has 0 aromatic heterocycles. The second-order valence-electron chi connectivity index (χ2n) is 8.25. The topological polar surface area (TPSA) is 120 Å². The molecule has 9 heteroatoms. The summed E-state index contributed by atoms with van der Waals surface area (Å²) in [4.78, 5) is 16.8. The molecule has 1 amide bonds. The van der Waals surface area contributed by atoms with Gasteiger partial charge in [0.05, 0.1) is 4.90 Å². The van der Waals surface area contributed by atoms with Crippen LogP contribution in [-0.2, 0) is 34.3 Å². The number of amides is 1. The van der Waals surface area contributed by atoms with Crippen molar-refractivity contribution in [3.63, 3.8) is 0 Å². The summed E-state index contributed by atoms with van der Waals surface area (Å²) in [7, 11) is -1.79. The Balaban J connectivity index is 1.45. The van der Waals surface area contributed by atoms with E-state index in [1.165, 1.54) is 5.56 Å². The highest BCUT2D eigenvalue weighted by Crippen LogP contribution is 2.23. The van der Waals surface area contributed by atoms with Gasteiger partial charge in [0.15, 0.2) is 0 Å². The molecule has 0 aliphatic carbocycles. The van der Waals surface area contributed by atoms with E-state index in [0.717, 1.165) is 24.1 Å². The Kier molecular flexibility index (Phi) is 5.83. The molecule has 0 spiro atoms. The van der Waals surface area contributed by atoms with Gasteiger partial charge in [-0.1, -0.05) is 24.3 Å². The van der Waals surface area contributed by atoms with E-state index < -0.39 is 16.1 Å². The molecule has 4 rings (SSSR count). The van der Waals surface area contributed by atoms with E-state index in [1.807, 2.05) is 19.2 Å². The van der Waals surface area contributed by atoms with Crippen molar-refractivity contribution in [1.82, 2.24) is 14.5 Å². The van der Waals surface area contributed by atoms with Crippen molar-refractivity contribution in [2.45, 2.75) is 36.9 Å². The first-order valence-corrected chi connectivity index (χ1v) is 11.8. The third-order valence-electron chi connectivity index (χ3n) is 5.90. The number of sulfonamides is 1. The Hall–Kier alpha value is -2.75. The SMILES string of the molecule is CN1CCc2ccc(S(=O)(=O)N[C@H]3CCN(Cc4cccc(C(=N)N)c4)C3=O)cc2C1. The summed E-state index contributed by atoms with van der Waals surface area (Å²) >= 11 is 0. The van der Waals surface area contributed by atoms with E-state index in [-0.39, 0.29) is 16.6 Å². The Morgan fingerprint density at radius 1 is 1.19 bits per heavy atom. The maximum atomic E-state index is 13.0. The monoisotopic (exact) mass is 441 g/mol. The van der Waals surface area contributed by atoms with Gasteiger partial charge in [-0.25, -0.2) is 8.42 Å². The molecule has 1 atom stereocenters. The Bertz CT molecular complexity index is 1130. The van der Waals surface area contributed by atoms with E-state index in [0.29, 0.717) is 31.6 Å². The van der Waals surface area contributed by atoms with Crippen molar-refractivity contribution >= 4 is 21.8 Å². The number of hydrogen-bond donors (Lipinski definition) is 3. The molecule has 4 N–H and O–H groups in total. The van der Waals surface area contributed by atoms with Gasteiger partial charge in [-0.2, -0.15) is 4.72 Å². The van der Waals surface area contributed by atoms with E-state index >= 15 is 0 Å². The lowest BCUT2D eigenvalue weighted by molar-refractivity contribution is -0.129. The number of likely N-dealkylation sites (tertiary alicyclic amines) is 1. The molecule has 2 aliphatic heterocycles. The first kappa shape index (κ1) is 21.5. The molecule has 0 bridgehead atoms. The van der Waals surface area contributed by atoms with E-state index in [2.05, 4.69) is 9.62 Å². The second kappa shape index (κ2) is 8.41. The molecule has 0 radical (unpaired) electrons. The smallest absolute Gasteiger partial charge is 0.241 e. The molecule has 2 aromatic rings. The maximum absolute atomic E-state index is 13.0. The molecule has 0 unspecified atom stereocenters. The zero-order chi connectivity index (χ0) is 22.2. The Labute approximate surface area is 182 Å². The van der Waals surface area contributed by atoms with Gasteiger partial charge in [-0.15, -0.1) is 0 Å². The van der Waals surface area contributed by atoms with Crippen LogP contribution in [0.1, 0.15) is 28.7 Å². The van der Waals surface area contributed by atoms with Gasteiger partial charge in [0.2, 0.25) is 15.9 Å². The molecule has 2 aromatic carbocycles. The summed E-state index contributed by atoms with van der Waals surface area (Å²) in [6, 6.07) is 11.6. The van der Waals surface area contributed by atoms with Crippen molar-refractivity contribution in [1.29, 1.82) is 5.41 Å². The van der Waals surface area contributed by atoms with Crippen LogP contribution in [0.3, 0.4) is 0 Å². The number of amidine groups is 1. The van der Waals surface area contributed by atoms with Gasteiger partial charge in [0.25, 0.3) is 0 Å². The van der Waals surface area contributed by atoms with Gasteiger partial charge in [-0.3, -0.25) is 10.2 Å². The molecule has 1 fully saturated rings. The lowest BCUT2D eigenvalue weighted by Crippen LogP contribution is -2.41. The molecule has 164 valence electrons. The van der Waals surface area contributed by atoms with Crippen LogP contribution in [0.25, 0.3) is 0 Å². The number of carbonyl (C=O) groups excluding carboxylic acids is 1. The van der Waals surface area contributed by atoms with Crippen LogP contribution in [0.2, 0.25) is 0 Å². The summed E-state index contributed by atoms with van der Waals surface area (Å²) in [5, 5.41) is 7.56. The third-order valence-corrected chi connectivity index (χ3v) is 7.37. The van der Waals surface area contributed by atoms with Crippen LogP contribution in [0.5, 0.6) is 0 Å². The summed E-state index contributed by atoms with van der Waals surface area (Å²) in [5.41, 5.74) is 9.17. The highest BCUT2D eigenvalue weighted by atomic mass is 32.2. The lowest BCUT2D eigenvalue weighted by Gasteiger charge is -2.25. The molecular formula is C22H27N5O3S. The average Bonchev–Trinajstić information content (AvgIpc) is 3.06. The number of fused-ring (bicyclic) bond motifs is 1. The van der Waals surface area contributed by atoms with Crippen molar-refractivity contribution in [3.05, 3.63) is 64.7 Å². The Morgan fingerprint density at radius 2 is 2.00 bits per heavy atom. The first-order chi connectivity index (χ1) is 14.7. The van der Waals surface area contributed by atoms with Crippen molar-refractivity contribution in [2.24, 2.45) is 5.73 Å². The van der Waals surface area contributed by atoms with Crippen molar-refractivity contribution in [3.8, 4) is 0 Å². The minimum atomic E-state index is -3.80. The summed E-state index contributed by atoms with van der Waals surface area (Å²) < 4.78 is 28.5. The molecule has 31 heavy (non-hydrogen) atoms. The van der Waals surface area contributed by atoms with Gasteiger partial charge in [-0.05, 0) is 54.8 Å². The fourth-order valence-corrected chi connectivity index (χ4v) is 5.43. The van der Waals surface area contributed by atoms with Crippen LogP contribution in [0.15, 0.2) is 47.4 Å². The van der Waals surface area contributed by atoms with E-state index in [1.54, 1.807) is 35.2 Å². The molecular weight excluding hydrogens is 414 g/mol. The predicted octanol–water partition coefficient (Wildman–Crippen LogP) is 1.04. The number of hydrogen-bond acceptors (Lipinski definition) is 5. The van der Waals surface area contributed by atoms with Gasteiger partial charge < -0.3 is 15.5 Å². The van der Waals surface area contributed by atoms with E-state index in [9.17, 15) is 13.2 Å². The van der Waals surface area contributed by atoms with Gasteiger partial charge >= 0.3 is 0 Å². The van der Waals surface area contributed by atoms with Crippen molar-refractivity contribution < 1.29 is 13.2 Å². The number of nitrogens with zero attached hydrogens (tertiary/aromatic N) is 2. The number of nitrogens with two attached hydrogens (primary N) is 1. The molecule has 8 nitrogen and oxygen atoms in total. The summed E-state index contributed by atoms with van der Waals surface area (Å²) in [5.74, 6) is -0.272. The number of nitrogens with one attached hydrogen (secondary N) is 2. The highest BCUT2D eigenvalue weighted by molar-refractivity contribution is 7.89. The number of rotatable bonds is 6. The van der Waals surface area contributed by atoms with Crippen LogP contribution >= 0.6 is 0 Å². The number of likely N-dealkylation sites (N-methyl/N-ethyl adjacent to an activating group) is 1. The average molecular weight is 442 g/mol. The second-order valence-corrected chi connectivity index (χ2v) is 9.97. The Morgan fingerprint density at radius 3 is 2.77 bits per heavy atom. The van der Waals surface area contributed by atoms with E-state index in [4.69, 9.17) is 11.1 Å². The van der Waals surface area contributed by atoms with Crippen LogP contribution in [0, 0.1) is 5.41 Å². The quantitative estimate of drug-likeness (QED) is 0.457. The first-order valence-electron chi connectivity index (χ1n) is 10.3. The molecule has 2 aliphatic rings. The molecule has 0 saturated carbocycles. The fourth-order valence-electron chi connectivity index (χ4n) is 4.16. The zero-order valence-electron chi connectivity index (χ0n) is 17.5. The van der Waals surface area contributed by atoms with Crippen LogP contribution in [-0.4, -0.2) is 56.1 Å². The third kappa shape index (κ3) is 4.63. The number of carbonyl (C=O) groups is 1. The largest absolute Gasteiger partial charge is 0.384 e. The zero-order valence-corrected chi connectivity index (χ0v) is 18.3. The van der Waals surface area contributed by atoms with Crippen molar-refractivity contribution in [2.75, 3.05) is 20.1 Å². The summed E-state index contributed by atoms with van der Waals surface area (Å²) in [6.07, 6.45) is 1.32. The number of benzene rings is 2. The maximum Gasteiger partial charge on any atom is 0.241 e. The fraction of sp³-hybridized carbons (Fsp3) is 0.364. The molecule has 1 saturated heterocycles. The summed E-state index contributed by atoms with van der Waals surface area (Å²) in [6.45, 7) is 2.49. The van der Waals surface area contributed by atoms with Gasteiger partial charge in [0, 0.05) is 31.7 Å². The highest BCUT2D eigenvalue weighted by Gasteiger charge is 2.35. The van der Waals surface area contributed by atoms with Crippen LogP contribution < -0.4 is 10.5 Å². The lowest BCUT2D eigenvalue weighted by atomic mass is 10.0. The normalized spacial score (nSPS) is 19.5. The standard InChI is InChI=1S/C22H27N5O3S/c1-26-9-7-16-5-6-19(12-18(16)14-26)31(29,30)25-20-8-10-27(22(20)28)13-15-3-2-4-17(11-15)21(23)24/h2-6,11-12,20,25H,7-10,13-14H2,1H3,(H3,23,24)/t20-/m0/s1. The van der Waals surface area contributed by atoms with Crippen LogP contribution in [0.4, 0.5) is 0 Å². The molecule has 2 heterocycles. The predicted molar refractivity (Wildman–Crippen MR) is 118 cm³/mol. The number of nitrogen functional groups attached to an aromatic ring is 1. The minimum absolute atomic E-state index is 0.0310. The minimum Gasteiger partial charge on any atom is -0.384 e. The van der Waals surface area contributed by atoms with Gasteiger partial charge in [0.1, 0.15) is 11.9 Å².